The van der Waals surface area contributed by atoms with Gasteiger partial charge in [-0.15, -0.1) is 0 Å². The van der Waals surface area contributed by atoms with Gasteiger partial charge in [-0.2, -0.15) is 0 Å². The van der Waals surface area contributed by atoms with E-state index in [9.17, 15) is 18.0 Å². The van der Waals surface area contributed by atoms with Crippen molar-refractivity contribution in [1.29, 1.82) is 0 Å². The van der Waals surface area contributed by atoms with E-state index in [-0.39, 0.29) is 12.3 Å². The van der Waals surface area contributed by atoms with Gasteiger partial charge in [-0.1, -0.05) is 0 Å². The van der Waals surface area contributed by atoms with Crippen LogP contribution in [0.5, 0.6) is 0 Å². The second-order valence-corrected chi connectivity index (χ2v) is 6.59. The largest absolute Gasteiger partial charge is 0.480 e. The molecule has 0 aliphatic carbocycles. The second kappa shape index (κ2) is 5.46. The number of rotatable bonds is 6. The summed E-state index contributed by atoms with van der Waals surface area (Å²) in [5, 5.41) is 11.1. The Morgan fingerprint density at radius 2 is 1.76 bits per heavy atom. The Morgan fingerprint density at radius 1 is 1.29 bits per heavy atom. The molecule has 0 saturated carbocycles. The zero-order chi connectivity index (χ0) is 13.9. The summed E-state index contributed by atoms with van der Waals surface area (Å²) in [6.45, 7) is 2.40. The average Bonchev–Trinajstić information content (AvgIpc) is 2.16. The van der Waals surface area contributed by atoms with Gasteiger partial charge in [0, 0.05) is 20.6 Å². The first kappa shape index (κ1) is 15.9. The summed E-state index contributed by atoms with van der Waals surface area (Å²) in [6, 6.07) is 0. The molecule has 0 aliphatic heterocycles. The molecule has 0 radical (unpaired) electrons. The van der Waals surface area contributed by atoms with Gasteiger partial charge in [0.25, 0.3) is 0 Å². The molecule has 0 heterocycles. The summed E-state index contributed by atoms with van der Waals surface area (Å²) in [6.07, 6.45) is 0. The van der Waals surface area contributed by atoms with Crippen LogP contribution in [0, 0.1) is 5.41 Å². The Hall–Kier alpha value is -1.15. The van der Waals surface area contributed by atoms with Gasteiger partial charge in [-0.05, 0) is 13.8 Å². The number of carboxylic acids is 1. The third kappa shape index (κ3) is 4.31. The number of sulfonamides is 1. The predicted molar refractivity (Wildman–Crippen MR) is 61.9 cm³/mol. The molecule has 0 saturated heterocycles. The van der Waals surface area contributed by atoms with Crippen molar-refractivity contribution >= 4 is 21.9 Å². The van der Waals surface area contributed by atoms with Crippen LogP contribution in [0.2, 0.25) is 0 Å². The fourth-order valence-corrected chi connectivity index (χ4v) is 1.52. The molecule has 0 unspecified atom stereocenters. The van der Waals surface area contributed by atoms with E-state index in [2.05, 4.69) is 5.32 Å². The van der Waals surface area contributed by atoms with Gasteiger partial charge < -0.3 is 10.4 Å². The highest BCUT2D eigenvalue weighted by Crippen LogP contribution is 2.14. The number of nitrogens with zero attached hydrogens (tertiary/aromatic N) is 1. The van der Waals surface area contributed by atoms with Crippen molar-refractivity contribution in [3.8, 4) is 0 Å². The standard InChI is InChI=1S/C9H18N2O5S/c1-9(2,8(13)14)7(12)10-5-6-17(15,16)11(3)4/h5-6H2,1-4H3,(H,10,12)(H,13,14). The lowest BCUT2D eigenvalue weighted by Crippen LogP contribution is -2.44. The molecule has 8 heteroatoms. The van der Waals surface area contributed by atoms with Gasteiger partial charge in [-0.25, -0.2) is 12.7 Å². The van der Waals surface area contributed by atoms with Crippen molar-refractivity contribution in [2.24, 2.45) is 5.41 Å². The summed E-state index contributed by atoms with van der Waals surface area (Å²) in [4.78, 5) is 22.2. The quantitative estimate of drug-likeness (QED) is 0.607. The van der Waals surface area contributed by atoms with Crippen molar-refractivity contribution < 1.29 is 23.1 Å². The first-order valence-corrected chi connectivity index (χ1v) is 6.54. The van der Waals surface area contributed by atoms with Crippen LogP contribution in [-0.2, 0) is 19.6 Å². The third-order valence-electron chi connectivity index (χ3n) is 2.30. The molecule has 2 N–H and O–H groups in total. The summed E-state index contributed by atoms with van der Waals surface area (Å²) < 4.78 is 23.8. The molecule has 0 spiro atoms. The Morgan fingerprint density at radius 3 is 2.12 bits per heavy atom. The maximum atomic E-state index is 11.5. The highest BCUT2D eigenvalue weighted by Gasteiger charge is 2.35. The Bertz CT molecular complexity index is 400. The maximum absolute atomic E-state index is 11.5. The van der Waals surface area contributed by atoms with Gasteiger partial charge in [0.15, 0.2) is 0 Å². The zero-order valence-electron chi connectivity index (χ0n) is 10.3. The molecule has 1 amide bonds. The average molecular weight is 266 g/mol. The number of hydrogen-bond donors (Lipinski definition) is 2. The molecule has 17 heavy (non-hydrogen) atoms. The summed E-state index contributed by atoms with van der Waals surface area (Å²) in [5.41, 5.74) is -1.57. The molecule has 0 aromatic rings. The van der Waals surface area contributed by atoms with E-state index in [0.717, 1.165) is 4.31 Å². The van der Waals surface area contributed by atoms with Gasteiger partial charge in [0.05, 0.1) is 5.75 Å². The number of hydrogen-bond acceptors (Lipinski definition) is 4. The predicted octanol–water partition coefficient (Wildman–Crippen LogP) is -0.895. The first-order valence-electron chi connectivity index (χ1n) is 4.93. The Kier molecular flexibility index (Phi) is 5.09. The minimum atomic E-state index is -3.39. The van der Waals surface area contributed by atoms with Crippen molar-refractivity contribution in [1.82, 2.24) is 9.62 Å². The fourth-order valence-electron chi connectivity index (χ4n) is 0.794. The molecular weight excluding hydrogens is 248 g/mol. The van der Waals surface area contributed by atoms with Crippen LogP contribution < -0.4 is 5.32 Å². The van der Waals surface area contributed by atoms with Crippen molar-refractivity contribution in [2.75, 3.05) is 26.4 Å². The third-order valence-corrected chi connectivity index (χ3v) is 4.14. The molecule has 0 bridgehead atoms. The van der Waals surface area contributed by atoms with Crippen LogP contribution >= 0.6 is 0 Å². The van der Waals surface area contributed by atoms with E-state index in [4.69, 9.17) is 5.11 Å². The van der Waals surface area contributed by atoms with Crippen LogP contribution in [0.4, 0.5) is 0 Å². The van der Waals surface area contributed by atoms with Crippen LogP contribution in [0.25, 0.3) is 0 Å². The van der Waals surface area contributed by atoms with Gasteiger partial charge in [-0.3, -0.25) is 9.59 Å². The first-order chi connectivity index (χ1) is 7.51. The van der Waals surface area contributed by atoms with Crippen molar-refractivity contribution in [3.63, 3.8) is 0 Å². The van der Waals surface area contributed by atoms with Crippen molar-refractivity contribution in [3.05, 3.63) is 0 Å². The molecule has 0 atom stereocenters. The highest BCUT2D eigenvalue weighted by atomic mass is 32.2. The summed E-state index contributed by atoms with van der Waals surface area (Å²) >= 11 is 0. The molecular formula is C9H18N2O5S. The normalized spacial score (nSPS) is 12.5. The number of nitrogens with one attached hydrogen (secondary N) is 1. The van der Waals surface area contributed by atoms with E-state index >= 15 is 0 Å². The SMILES string of the molecule is CN(C)S(=O)(=O)CCNC(=O)C(C)(C)C(=O)O. The van der Waals surface area contributed by atoms with E-state index in [1.54, 1.807) is 0 Å². The summed E-state index contributed by atoms with van der Waals surface area (Å²) in [7, 11) is -0.614. The minimum Gasteiger partial charge on any atom is -0.480 e. The summed E-state index contributed by atoms with van der Waals surface area (Å²) in [5.74, 6) is -2.23. The Labute approximate surface area is 101 Å². The zero-order valence-corrected chi connectivity index (χ0v) is 11.2. The molecule has 0 aromatic carbocycles. The molecule has 0 aliphatic rings. The molecule has 7 nitrogen and oxygen atoms in total. The van der Waals surface area contributed by atoms with Crippen LogP contribution in [0.3, 0.4) is 0 Å². The van der Waals surface area contributed by atoms with Crippen LogP contribution in [0.15, 0.2) is 0 Å². The topological polar surface area (TPSA) is 104 Å². The van der Waals surface area contributed by atoms with Crippen molar-refractivity contribution in [2.45, 2.75) is 13.8 Å². The maximum Gasteiger partial charge on any atom is 0.318 e. The van der Waals surface area contributed by atoms with Gasteiger partial charge in [0.1, 0.15) is 5.41 Å². The minimum absolute atomic E-state index is 0.115. The molecule has 0 aromatic heterocycles. The van der Waals surface area contributed by atoms with E-state index in [1.165, 1.54) is 27.9 Å². The van der Waals surface area contributed by atoms with Crippen LogP contribution in [-0.4, -0.2) is 56.1 Å². The molecule has 0 fully saturated rings. The van der Waals surface area contributed by atoms with Gasteiger partial charge in [0.2, 0.25) is 15.9 Å². The number of aliphatic carboxylic acids is 1. The lowest BCUT2D eigenvalue weighted by atomic mass is 9.93. The molecule has 0 rings (SSSR count). The Balaban J connectivity index is 4.35. The fraction of sp³-hybridized carbons (Fsp3) is 0.778. The van der Waals surface area contributed by atoms with Gasteiger partial charge >= 0.3 is 5.97 Å². The number of amides is 1. The monoisotopic (exact) mass is 266 g/mol. The molecule has 100 valence electrons. The number of carbonyl (C=O) groups excluding carboxylic acids is 1. The van der Waals surface area contributed by atoms with Crippen LogP contribution in [0.1, 0.15) is 13.8 Å². The lowest BCUT2D eigenvalue weighted by Gasteiger charge is -2.18. The van der Waals surface area contributed by atoms with E-state index in [0.29, 0.717) is 0 Å². The van der Waals surface area contributed by atoms with E-state index in [1.807, 2.05) is 0 Å². The number of carbonyl (C=O) groups is 2. The lowest BCUT2D eigenvalue weighted by molar-refractivity contribution is -0.153. The smallest absolute Gasteiger partial charge is 0.318 e. The number of carboxylic acid groups (broad SMARTS) is 1. The van der Waals surface area contributed by atoms with E-state index < -0.39 is 27.3 Å². The second-order valence-electron chi connectivity index (χ2n) is 4.28. The highest BCUT2D eigenvalue weighted by molar-refractivity contribution is 7.89.